The number of nitrogens with zero attached hydrogens (tertiary/aromatic N) is 2. The second-order valence-electron chi connectivity index (χ2n) is 8.28. The van der Waals surface area contributed by atoms with Crippen LogP contribution in [-0.2, 0) is 11.3 Å². The molecule has 0 aliphatic carbocycles. The van der Waals surface area contributed by atoms with E-state index in [1.165, 1.54) is 6.20 Å². The first-order chi connectivity index (χ1) is 14.2. The van der Waals surface area contributed by atoms with Crippen molar-refractivity contribution in [3.8, 4) is 11.5 Å². The summed E-state index contributed by atoms with van der Waals surface area (Å²) < 4.78 is 5.84. The highest BCUT2D eigenvalue weighted by Crippen LogP contribution is 2.29. The third-order valence-corrected chi connectivity index (χ3v) is 4.37. The zero-order valence-corrected chi connectivity index (χ0v) is 17.7. The summed E-state index contributed by atoms with van der Waals surface area (Å²) in [5.74, 6) is 0.702. The summed E-state index contributed by atoms with van der Waals surface area (Å²) in [5, 5.41) is 5.77. The first kappa shape index (κ1) is 21.2. The van der Waals surface area contributed by atoms with Gasteiger partial charge >= 0.3 is 0 Å². The predicted molar refractivity (Wildman–Crippen MR) is 115 cm³/mol. The Morgan fingerprint density at radius 1 is 1.10 bits per heavy atom. The van der Waals surface area contributed by atoms with Crippen molar-refractivity contribution in [2.24, 2.45) is 5.41 Å². The zero-order chi connectivity index (χ0) is 21.7. The number of pyridine rings is 1. The van der Waals surface area contributed by atoms with Gasteiger partial charge in [-0.15, -0.1) is 0 Å². The van der Waals surface area contributed by atoms with Gasteiger partial charge in [0.2, 0.25) is 11.8 Å². The molecule has 1 aromatic carbocycles. The molecule has 0 saturated carbocycles. The lowest BCUT2D eigenvalue weighted by Crippen LogP contribution is -2.27. The number of carbonyl (C=O) groups excluding carboxylic acids is 2. The van der Waals surface area contributed by atoms with E-state index in [0.717, 1.165) is 0 Å². The molecule has 156 valence electrons. The summed E-state index contributed by atoms with van der Waals surface area (Å²) in [7, 11) is 0. The van der Waals surface area contributed by atoms with Crippen molar-refractivity contribution in [3.05, 3.63) is 65.8 Å². The minimum absolute atomic E-state index is 0.0319. The Morgan fingerprint density at radius 2 is 1.87 bits per heavy atom. The zero-order valence-electron chi connectivity index (χ0n) is 17.7. The number of amides is 2. The standard InChI is InChI=1S/C23H26N4O3/c1-15-19(14-25-20(28)12-23(2,3)4)27-22(30-15)17-9-5-6-10-18(17)26-21(29)16-8-7-11-24-13-16/h5-11,13H,12,14H2,1-4H3,(H,25,28)(H,26,29). The number of aromatic nitrogens is 2. The molecule has 0 fully saturated rings. The molecule has 2 amide bonds. The Labute approximate surface area is 175 Å². The smallest absolute Gasteiger partial charge is 0.257 e. The van der Waals surface area contributed by atoms with E-state index in [-0.39, 0.29) is 23.8 Å². The van der Waals surface area contributed by atoms with Gasteiger partial charge in [-0.05, 0) is 36.6 Å². The average molecular weight is 406 g/mol. The van der Waals surface area contributed by atoms with Crippen LogP contribution in [0.3, 0.4) is 0 Å². The maximum Gasteiger partial charge on any atom is 0.257 e. The fourth-order valence-electron chi connectivity index (χ4n) is 2.90. The maximum absolute atomic E-state index is 12.5. The summed E-state index contributed by atoms with van der Waals surface area (Å²) in [6, 6.07) is 10.7. The highest BCUT2D eigenvalue weighted by atomic mass is 16.4. The molecule has 7 heteroatoms. The summed E-state index contributed by atoms with van der Waals surface area (Å²) >= 11 is 0. The SMILES string of the molecule is Cc1oc(-c2ccccc2NC(=O)c2cccnc2)nc1CNC(=O)CC(C)(C)C. The molecule has 0 spiro atoms. The quantitative estimate of drug-likeness (QED) is 0.634. The van der Waals surface area contributed by atoms with Gasteiger partial charge in [0.25, 0.3) is 5.91 Å². The number of benzene rings is 1. The Balaban J connectivity index is 1.76. The molecule has 2 heterocycles. The molecule has 0 atom stereocenters. The van der Waals surface area contributed by atoms with Gasteiger partial charge in [-0.25, -0.2) is 4.98 Å². The Kier molecular flexibility index (Phi) is 6.30. The van der Waals surface area contributed by atoms with Gasteiger partial charge in [-0.3, -0.25) is 14.6 Å². The number of anilines is 1. The van der Waals surface area contributed by atoms with Gasteiger partial charge in [0.15, 0.2) is 0 Å². The number of nitrogens with one attached hydrogen (secondary N) is 2. The highest BCUT2D eigenvalue weighted by molar-refractivity contribution is 6.05. The number of hydrogen-bond acceptors (Lipinski definition) is 5. The minimum Gasteiger partial charge on any atom is -0.441 e. The molecule has 2 aromatic heterocycles. The predicted octanol–water partition coefficient (Wildman–Crippen LogP) is 4.35. The fourth-order valence-corrected chi connectivity index (χ4v) is 2.90. The van der Waals surface area contributed by atoms with Crippen LogP contribution >= 0.6 is 0 Å². The van der Waals surface area contributed by atoms with E-state index in [2.05, 4.69) is 20.6 Å². The van der Waals surface area contributed by atoms with Crippen LogP contribution in [0.2, 0.25) is 0 Å². The monoisotopic (exact) mass is 406 g/mol. The number of hydrogen-bond donors (Lipinski definition) is 2. The summed E-state index contributed by atoms with van der Waals surface area (Å²) in [6.45, 7) is 8.14. The molecule has 2 N–H and O–H groups in total. The molecule has 7 nitrogen and oxygen atoms in total. The van der Waals surface area contributed by atoms with Crippen molar-refractivity contribution in [2.75, 3.05) is 5.32 Å². The van der Waals surface area contributed by atoms with Crippen molar-refractivity contribution in [3.63, 3.8) is 0 Å². The van der Waals surface area contributed by atoms with Crippen LogP contribution in [0.4, 0.5) is 5.69 Å². The summed E-state index contributed by atoms with van der Waals surface area (Å²) in [5.41, 5.74) is 2.26. The molecule has 0 aliphatic heterocycles. The van der Waals surface area contributed by atoms with Gasteiger partial charge < -0.3 is 15.1 Å². The van der Waals surface area contributed by atoms with Crippen molar-refractivity contribution in [2.45, 2.75) is 40.7 Å². The van der Waals surface area contributed by atoms with Crippen LogP contribution in [0.5, 0.6) is 0 Å². The van der Waals surface area contributed by atoms with E-state index in [1.54, 1.807) is 31.3 Å². The largest absolute Gasteiger partial charge is 0.441 e. The van der Waals surface area contributed by atoms with E-state index < -0.39 is 0 Å². The van der Waals surface area contributed by atoms with E-state index in [1.807, 2.05) is 39.0 Å². The van der Waals surface area contributed by atoms with Crippen LogP contribution in [-0.4, -0.2) is 21.8 Å². The number of aryl methyl sites for hydroxylation is 1. The number of para-hydroxylation sites is 1. The third-order valence-electron chi connectivity index (χ3n) is 4.37. The number of oxazole rings is 1. The lowest BCUT2D eigenvalue weighted by atomic mass is 9.92. The van der Waals surface area contributed by atoms with Crippen LogP contribution < -0.4 is 10.6 Å². The minimum atomic E-state index is -0.270. The van der Waals surface area contributed by atoms with Gasteiger partial charge in [-0.2, -0.15) is 0 Å². The molecular weight excluding hydrogens is 380 g/mol. The number of rotatable bonds is 6. The lowest BCUT2D eigenvalue weighted by molar-refractivity contribution is -0.123. The average Bonchev–Trinajstić information content (AvgIpc) is 3.06. The molecule has 0 bridgehead atoms. The van der Waals surface area contributed by atoms with Gasteiger partial charge in [0, 0.05) is 18.8 Å². The molecule has 0 aliphatic rings. The Hall–Kier alpha value is -3.48. The fraction of sp³-hybridized carbons (Fsp3) is 0.304. The lowest BCUT2D eigenvalue weighted by Gasteiger charge is -2.16. The van der Waals surface area contributed by atoms with Crippen molar-refractivity contribution < 1.29 is 14.0 Å². The second kappa shape index (κ2) is 8.90. The van der Waals surface area contributed by atoms with Crippen molar-refractivity contribution >= 4 is 17.5 Å². The van der Waals surface area contributed by atoms with Crippen LogP contribution in [0.1, 0.15) is 49.0 Å². The molecular formula is C23H26N4O3. The van der Waals surface area contributed by atoms with Gasteiger partial charge in [-0.1, -0.05) is 32.9 Å². The topological polar surface area (TPSA) is 97.1 Å². The van der Waals surface area contributed by atoms with E-state index >= 15 is 0 Å². The summed E-state index contributed by atoms with van der Waals surface area (Å²) in [4.78, 5) is 33.1. The van der Waals surface area contributed by atoms with Crippen molar-refractivity contribution in [1.82, 2.24) is 15.3 Å². The Morgan fingerprint density at radius 3 is 2.57 bits per heavy atom. The van der Waals surface area contributed by atoms with Gasteiger partial charge in [0.05, 0.1) is 23.4 Å². The molecule has 0 radical (unpaired) electrons. The van der Waals surface area contributed by atoms with E-state index in [0.29, 0.717) is 40.6 Å². The molecule has 3 aromatic rings. The first-order valence-electron chi connectivity index (χ1n) is 9.77. The molecule has 0 saturated heterocycles. The molecule has 30 heavy (non-hydrogen) atoms. The van der Waals surface area contributed by atoms with Gasteiger partial charge in [0.1, 0.15) is 11.5 Å². The molecule has 3 rings (SSSR count). The second-order valence-corrected chi connectivity index (χ2v) is 8.28. The highest BCUT2D eigenvalue weighted by Gasteiger charge is 2.19. The summed E-state index contributed by atoms with van der Waals surface area (Å²) in [6.07, 6.45) is 3.55. The third kappa shape index (κ3) is 5.53. The molecule has 0 unspecified atom stereocenters. The van der Waals surface area contributed by atoms with Crippen LogP contribution in [0.15, 0.2) is 53.2 Å². The van der Waals surface area contributed by atoms with E-state index in [9.17, 15) is 9.59 Å². The van der Waals surface area contributed by atoms with E-state index in [4.69, 9.17) is 4.42 Å². The normalized spacial score (nSPS) is 11.2. The Bertz CT molecular complexity index is 1040. The number of carbonyl (C=O) groups is 2. The van der Waals surface area contributed by atoms with Crippen molar-refractivity contribution in [1.29, 1.82) is 0 Å². The first-order valence-corrected chi connectivity index (χ1v) is 9.77. The van der Waals surface area contributed by atoms with Crippen LogP contribution in [0.25, 0.3) is 11.5 Å². The maximum atomic E-state index is 12.5. The van der Waals surface area contributed by atoms with Crippen LogP contribution in [0, 0.1) is 12.3 Å².